The molecule has 0 aromatic heterocycles. The quantitative estimate of drug-likeness (QED) is 0.488. The number of piperidine rings is 1. The molecule has 1 aliphatic rings. The first-order valence-corrected chi connectivity index (χ1v) is 10.8. The van der Waals surface area contributed by atoms with Crippen LogP contribution in [0.2, 0.25) is 0 Å². The van der Waals surface area contributed by atoms with Crippen LogP contribution in [-0.2, 0) is 4.79 Å². The van der Waals surface area contributed by atoms with Gasteiger partial charge in [-0.05, 0) is 58.7 Å². The van der Waals surface area contributed by atoms with Gasteiger partial charge in [0.2, 0.25) is 5.91 Å². The molecule has 4 nitrogen and oxygen atoms in total. The van der Waals surface area contributed by atoms with Crippen LogP contribution < -0.4 is 5.32 Å². The number of amides is 2. The summed E-state index contributed by atoms with van der Waals surface area (Å²) in [5.74, 6) is -0.000602. The van der Waals surface area contributed by atoms with Gasteiger partial charge in [-0.25, -0.2) is 0 Å². The minimum atomic E-state index is -0.0767. The number of nitrogens with zero attached hydrogens (tertiary/aromatic N) is 1. The van der Waals surface area contributed by atoms with Gasteiger partial charge in [0.25, 0.3) is 5.91 Å². The van der Waals surface area contributed by atoms with E-state index in [4.69, 9.17) is 0 Å². The SMILES string of the molecule is O=C(Nc1ccc2ccccc2c1)C1CCN(C(=O)c2ccc3ccccc3c2)CC1. The van der Waals surface area contributed by atoms with Gasteiger partial charge in [-0.3, -0.25) is 9.59 Å². The maximum atomic E-state index is 13.0. The normalized spacial score (nSPS) is 14.6. The Morgan fingerprint density at radius 2 is 1.29 bits per heavy atom. The zero-order valence-corrected chi connectivity index (χ0v) is 17.3. The van der Waals surface area contributed by atoms with Crippen molar-refractivity contribution in [2.24, 2.45) is 5.92 Å². The summed E-state index contributed by atoms with van der Waals surface area (Å²) in [6.45, 7) is 1.20. The molecule has 0 spiro atoms. The van der Waals surface area contributed by atoms with Crippen molar-refractivity contribution in [3.05, 3.63) is 90.5 Å². The molecule has 2 amide bonds. The van der Waals surface area contributed by atoms with E-state index >= 15 is 0 Å². The maximum Gasteiger partial charge on any atom is 0.253 e. The predicted octanol–water partition coefficient (Wildman–Crippen LogP) is 5.48. The summed E-state index contributed by atoms with van der Waals surface area (Å²) in [6, 6.07) is 28.0. The van der Waals surface area contributed by atoms with E-state index in [0.717, 1.165) is 27.2 Å². The van der Waals surface area contributed by atoms with Crippen LogP contribution in [0.4, 0.5) is 5.69 Å². The van der Waals surface area contributed by atoms with Crippen LogP contribution in [0, 0.1) is 5.92 Å². The van der Waals surface area contributed by atoms with Gasteiger partial charge in [0.15, 0.2) is 0 Å². The number of hydrogen-bond donors (Lipinski definition) is 1. The van der Waals surface area contributed by atoms with Crippen LogP contribution in [0.15, 0.2) is 84.9 Å². The predicted molar refractivity (Wildman–Crippen MR) is 125 cm³/mol. The molecule has 1 fully saturated rings. The van der Waals surface area contributed by atoms with E-state index in [-0.39, 0.29) is 17.7 Å². The molecule has 31 heavy (non-hydrogen) atoms. The van der Waals surface area contributed by atoms with Crippen molar-refractivity contribution in [1.82, 2.24) is 4.90 Å². The van der Waals surface area contributed by atoms with Gasteiger partial charge in [0, 0.05) is 30.3 Å². The second-order valence-electron chi connectivity index (χ2n) is 8.18. The number of hydrogen-bond acceptors (Lipinski definition) is 2. The Morgan fingerprint density at radius 3 is 1.97 bits per heavy atom. The summed E-state index contributed by atoms with van der Waals surface area (Å²) in [5, 5.41) is 7.51. The molecule has 1 heterocycles. The number of benzene rings is 4. The van der Waals surface area contributed by atoms with E-state index in [2.05, 4.69) is 11.4 Å². The Hall–Kier alpha value is -3.66. The molecular formula is C27H24N2O2. The molecule has 4 heteroatoms. The zero-order chi connectivity index (χ0) is 21.2. The number of anilines is 1. The molecule has 1 N–H and O–H groups in total. The lowest BCUT2D eigenvalue weighted by molar-refractivity contribution is -0.121. The Bertz CT molecular complexity index is 1270. The highest BCUT2D eigenvalue weighted by molar-refractivity contribution is 5.99. The lowest BCUT2D eigenvalue weighted by Crippen LogP contribution is -2.41. The molecule has 0 saturated carbocycles. The summed E-state index contributed by atoms with van der Waals surface area (Å²) in [7, 11) is 0. The topological polar surface area (TPSA) is 49.4 Å². The van der Waals surface area contributed by atoms with E-state index in [9.17, 15) is 9.59 Å². The summed E-state index contributed by atoms with van der Waals surface area (Å²) in [6.07, 6.45) is 1.36. The average Bonchev–Trinajstić information content (AvgIpc) is 2.83. The second-order valence-corrected chi connectivity index (χ2v) is 8.18. The number of nitrogens with one attached hydrogen (secondary N) is 1. The Morgan fingerprint density at radius 1 is 0.710 bits per heavy atom. The largest absolute Gasteiger partial charge is 0.339 e. The first kappa shape index (κ1) is 19.3. The van der Waals surface area contributed by atoms with Crippen molar-refractivity contribution in [2.45, 2.75) is 12.8 Å². The molecule has 1 aliphatic heterocycles. The lowest BCUT2D eigenvalue weighted by Gasteiger charge is -2.31. The first-order valence-electron chi connectivity index (χ1n) is 10.8. The first-order chi connectivity index (χ1) is 15.2. The van der Waals surface area contributed by atoms with Crippen molar-refractivity contribution >= 4 is 39.0 Å². The van der Waals surface area contributed by atoms with Gasteiger partial charge in [-0.1, -0.05) is 60.7 Å². The highest BCUT2D eigenvalue weighted by Gasteiger charge is 2.28. The van der Waals surface area contributed by atoms with E-state index in [1.54, 1.807) is 0 Å². The number of fused-ring (bicyclic) bond motifs is 2. The Labute approximate surface area is 181 Å². The molecule has 0 aliphatic carbocycles. The highest BCUT2D eigenvalue weighted by Crippen LogP contribution is 2.24. The Kier molecular flexibility index (Phi) is 5.13. The lowest BCUT2D eigenvalue weighted by atomic mass is 9.95. The molecule has 4 aromatic rings. The van der Waals surface area contributed by atoms with E-state index in [0.29, 0.717) is 31.5 Å². The van der Waals surface area contributed by atoms with Gasteiger partial charge in [0.1, 0.15) is 0 Å². The van der Waals surface area contributed by atoms with E-state index in [1.807, 2.05) is 83.8 Å². The smallest absolute Gasteiger partial charge is 0.253 e. The molecule has 1 saturated heterocycles. The third kappa shape index (κ3) is 4.02. The minimum Gasteiger partial charge on any atom is -0.339 e. The van der Waals surface area contributed by atoms with Crippen LogP contribution in [-0.4, -0.2) is 29.8 Å². The van der Waals surface area contributed by atoms with Gasteiger partial charge < -0.3 is 10.2 Å². The Balaban J connectivity index is 1.21. The van der Waals surface area contributed by atoms with Crippen LogP contribution >= 0.6 is 0 Å². The fourth-order valence-corrected chi connectivity index (χ4v) is 4.36. The monoisotopic (exact) mass is 408 g/mol. The third-order valence-corrected chi connectivity index (χ3v) is 6.17. The van der Waals surface area contributed by atoms with Gasteiger partial charge in [0.05, 0.1) is 0 Å². The molecule has 0 atom stereocenters. The summed E-state index contributed by atoms with van der Waals surface area (Å²) < 4.78 is 0. The van der Waals surface area contributed by atoms with Gasteiger partial charge in [-0.15, -0.1) is 0 Å². The van der Waals surface area contributed by atoms with Crippen molar-refractivity contribution in [3.8, 4) is 0 Å². The molecule has 0 bridgehead atoms. The number of rotatable bonds is 3. The summed E-state index contributed by atoms with van der Waals surface area (Å²) in [4.78, 5) is 27.6. The molecule has 4 aromatic carbocycles. The standard InChI is InChI=1S/C27H24N2O2/c30-26(28-25-12-11-20-6-2-4-8-23(20)18-25)21-13-15-29(16-14-21)27(31)24-10-9-19-5-1-3-7-22(19)17-24/h1-12,17-18,21H,13-16H2,(H,28,30). The van der Waals surface area contributed by atoms with Crippen LogP contribution in [0.5, 0.6) is 0 Å². The van der Waals surface area contributed by atoms with Crippen LogP contribution in [0.1, 0.15) is 23.2 Å². The van der Waals surface area contributed by atoms with Crippen LogP contribution in [0.25, 0.3) is 21.5 Å². The minimum absolute atomic E-state index is 0.0353. The van der Waals surface area contributed by atoms with Gasteiger partial charge >= 0.3 is 0 Å². The zero-order valence-electron chi connectivity index (χ0n) is 17.3. The van der Waals surface area contributed by atoms with Crippen molar-refractivity contribution in [2.75, 3.05) is 18.4 Å². The molecule has 0 radical (unpaired) electrons. The van der Waals surface area contributed by atoms with E-state index in [1.165, 1.54) is 0 Å². The van der Waals surface area contributed by atoms with E-state index < -0.39 is 0 Å². The van der Waals surface area contributed by atoms with Crippen molar-refractivity contribution in [1.29, 1.82) is 0 Å². The average molecular weight is 409 g/mol. The molecule has 0 unspecified atom stereocenters. The number of carbonyl (C=O) groups excluding carboxylic acids is 2. The van der Waals surface area contributed by atoms with Crippen molar-refractivity contribution in [3.63, 3.8) is 0 Å². The van der Waals surface area contributed by atoms with Crippen LogP contribution in [0.3, 0.4) is 0 Å². The highest BCUT2D eigenvalue weighted by atomic mass is 16.2. The fraction of sp³-hybridized carbons (Fsp3) is 0.185. The number of likely N-dealkylation sites (tertiary alicyclic amines) is 1. The fourth-order valence-electron chi connectivity index (χ4n) is 4.36. The molecular weight excluding hydrogens is 384 g/mol. The van der Waals surface area contributed by atoms with Crippen molar-refractivity contribution < 1.29 is 9.59 Å². The maximum absolute atomic E-state index is 13.0. The summed E-state index contributed by atoms with van der Waals surface area (Å²) in [5.41, 5.74) is 1.52. The second kappa shape index (κ2) is 8.23. The molecule has 154 valence electrons. The summed E-state index contributed by atoms with van der Waals surface area (Å²) >= 11 is 0. The molecule has 5 rings (SSSR count). The number of carbonyl (C=O) groups is 2. The third-order valence-electron chi connectivity index (χ3n) is 6.17. The van der Waals surface area contributed by atoms with Gasteiger partial charge in [-0.2, -0.15) is 0 Å².